The Labute approximate surface area is 156 Å². The Bertz CT molecular complexity index is 484. The minimum atomic E-state index is 0. The van der Waals surface area contributed by atoms with Gasteiger partial charge in [-0.05, 0) is 24.6 Å². The molecule has 132 valence electrons. The van der Waals surface area contributed by atoms with Crippen molar-refractivity contribution >= 4 is 29.9 Å². The van der Waals surface area contributed by atoms with Gasteiger partial charge in [0.1, 0.15) is 0 Å². The fourth-order valence-corrected chi connectivity index (χ4v) is 2.16. The predicted molar refractivity (Wildman–Crippen MR) is 105 cm³/mol. The lowest BCUT2D eigenvalue weighted by molar-refractivity contribution is 0.288. The topological polar surface area (TPSA) is 46.5 Å². The third kappa shape index (κ3) is 5.96. The van der Waals surface area contributed by atoms with E-state index in [-0.39, 0.29) is 24.0 Å². The van der Waals surface area contributed by atoms with Crippen LogP contribution in [0.1, 0.15) is 12.5 Å². The zero-order chi connectivity index (χ0) is 16.7. The molecule has 0 aliphatic carbocycles. The zero-order valence-corrected chi connectivity index (χ0v) is 17.4. The Kier molecular flexibility index (Phi) is 9.78. The molecule has 0 heterocycles. The van der Waals surface area contributed by atoms with Gasteiger partial charge in [0.05, 0.1) is 27.4 Å². The van der Waals surface area contributed by atoms with E-state index in [1.54, 1.807) is 14.2 Å². The van der Waals surface area contributed by atoms with Crippen LogP contribution in [0.15, 0.2) is 17.1 Å². The first-order valence-electron chi connectivity index (χ1n) is 7.21. The molecule has 0 aliphatic rings. The summed E-state index contributed by atoms with van der Waals surface area (Å²) in [7, 11) is 11.1. The summed E-state index contributed by atoms with van der Waals surface area (Å²) in [5.74, 6) is 2.83. The van der Waals surface area contributed by atoms with Crippen molar-refractivity contribution in [3.63, 3.8) is 0 Å². The molecule has 0 radical (unpaired) electrons. The number of nitrogens with zero attached hydrogens (tertiary/aromatic N) is 3. The summed E-state index contributed by atoms with van der Waals surface area (Å²) < 4.78 is 16.4. The van der Waals surface area contributed by atoms with Crippen molar-refractivity contribution in [3.05, 3.63) is 17.7 Å². The molecule has 1 aromatic rings. The van der Waals surface area contributed by atoms with Gasteiger partial charge in [-0.3, -0.25) is 0 Å². The highest BCUT2D eigenvalue weighted by Crippen LogP contribution is 2.38. The maximum Gasteiger partial charge on any atom is 0.203 e. The molecule has 0 N–H and O–H groups in total. The first-order valence-corrected chi connectivity index (χ1v) is 7.21. The van der Waals surface area contributed by atoms with Crippen LogP contribution in [0.4, 0.5) is 0 Å². The van der Waals surface area contributed by atoms with Gasteiger partial charge in [-0.25, -0.2) is 4.99 Å². The van der Waals surface area contributed by atoms with Crippen molar-refractivity contribution in [2.75, 3.05) is 49.0 Å². The van der Waals surface area contributed by atoms with E-state index in [0.29, 0.717) is 30.4 Å². The van der Waals surface area contributed by atoms with Gasteiger partial charge in [0, 0.05) is 28.2 Å². The van der Waals surface area contributed by atoms with E-state index in [4.69, 9.17) is 14.2 Å². The molecule has 0 bridgehead atoms. The number of ether oxygens (including phenoxy) is 3. The number of methoxy groups -OCH3 is 2. The molecule has 7 heteroatoms. The van der Waals surface area contributed by atoms with Crippen LogP contribution in [0.5, 0.6) is 17.2 Å². The average molecular weight is 437 g/mol. The number of hydrogen-bond acceptors (Lipinski definition) is 4. The van der Waals surface area contributed by atoms with Crippen LogP contribution >= 0.6 is 24.0 Å². The average Bonchev–Trinajstić information content (AvgIpc) is 2.47. The van der Waals surface area contributed by atoms with Crippen molar-refractivity contribution < 1.29 is 14.2 Å². The lowest BCUT2D eigenvalue weighted by Crippen LogP contribution is -2.35. The minimum Gasteiger partial charge on any atom is -0.493 e. The maximum atomic E-state index is 5.60. The number of rotatable bonds is 6. The van der Waals surface area contributed by atoms with Crippen LogP contribution < -0.4 is 14.2 Å². The number of benzene rings is 1. The third-order valence-corrected chi connectivity index (χ3v) is 3.01. The molecular weight excluding hydrogens is 409 g/mol. The second kappa shape index (κ2) is 10.4. The van der Waals surface area contributed by atoms with Gasteiger partial charge in [0.25, 0.3) is 0 Å². The van der Waals surface area contributed by atoms with Gasteiger partial charge >= 0.3 is 0 Å². The second-order valence-electron chi connectivity index (χ2n) is 5.17. The van der Waals surface area contributed by atoms with E-state index in [2.05, 4.69) is 4.99 Å². The quantitative estimate of drug-likeness (QED) is 0.389. The maximum absolute atomic E-state index is 5.60. The standard InChI is InChI=1S/C16H27N3O3.HI/c1-8-22-15-13(20-6)9-12(10-14(15)21-7)11-17-16(18(2)3)19(4)5;/h9-10H,8,11H2,1-7H3;1H. The SMILES string of the molecule is CCOc1c(OC)cc(CN=C(N(C)C)N(C)C)cc1OC.I. The molecule has 6 nitrogen and oxygen atoms in total. The fraction of sp³-hybridized carbons (Fsp3) is 0.562. The molecule has 1 rings (SSSR count). The Morgan fingerprint density at radius 2 is 1.48 bits per heavy atom. The van der Waals surface area contributed by atoms with Crippen molar-refractivity contribution in [2.45, 2.75) is 13.5 Å². The minimum absolute atomic E-state index is 0. The van der Waals surface area contributed by atoms with Gasteiger partial charge in [0.15, 0.2) is 17.5 Å². The van der Waals surface area contributed by atoms with Crippen LogP contribution in [0, 0.1) is 0 Å². The van der Waals surface area contributed by atoms with E-state index in [1.165, 1.54) is 0 Å². The molecule has 0 spiro atoms. The van der Waals surface area contributed by atoms with Crippen molar-refractivity contribution in [2.24, 2.45) is 4.99 Å². The molecule has 0 fully saturated rings. The van der Waals surface area contributed by atoms with Gasteiger partial charge in [-0.2, -0.15) is 0 Å². The lowest BCUT2D eigenvalue weighted by atomic mass is 10.2. The Balaban J connectivity index is 0.00000484. The van der Waals surface area contributed by atoms with E-state index in [9.17, 15) is 0 Å². The van der Waals surface area contributed by atoms with Gasteiger partial charge in [-0.15, -0.1) is 24.0 Å². The number of guanidine groups is 1. The summed E-state index contributed by atoms with van der Waals surface area (Å²) in [4.78, 5) is 8.59. The smallest absolute Gasteiger partial charge is 0.203 e. The van der Waals surface area contributed by atoms with Gasteiger partial charge in [-0.1, -0.05) is 0 Å². The molecule has 0 aliphatic heterocycles. The highest BCUT2D eigenvalue weighted by Gasteiger charge is 2.14. The summed E-state index contributed by atoms with van der Waals surface area (Å²) in [5.41, 5.74) is 0.998. The summed E-state index contributed by atoms with van der Waals surface area (Å²) in [6.45, 7) is 3.01. The van der Waals surface area contributed by atoms with E-state index < -0.39 is 0 Å². The molecular formula is C16H28IN3O3. The number of halogens is 1. The largest absolute Gasteiger partial charge is 0.493 e. The highest BCUT2D eigenvalue weighted by molar-refractivity contribution is 14.0. The summed E-state index contributed by atoms with van der Waals surface area (Å²) in [6.07, 6.45) is 0. The molecule has 0 saturated carbocycles. The van der Waals surface area contributed by atoms with Crippen LogP contribution in [-0.2, 0) is 6.54 Å². The highest BCUT2D eigenvalue weighted by atomic mass is 127. The normalized spacial score (nSPS) is 9.52. The fourth-order valence-electron chi connectivity index (χ4n) is 2.16. The van der Waals surface area contributed by atoms with Crippen molar-refractivity contribution in [3.8, 4) is 17.2 Å². The van der Waals surface area contributed by atoms with Gasteiger partial charge < -0.3 is 24.0 Å². The van der Waals surface area contributed by atoms with E-state index >= 15 is 0 Å². The number of aliphatic imine (C=N–C) groups is 1. The lowest BCUT2D eigenvalue weighted by Gasteiger charge is -2.22. The molecule has 0 atom stereocenters. The molecule has 0 amide bonds. The molecule has 23 heavy (non-hydrogen) atoms. The molecule has 0 unspecified atom stereocenters. The van der Waals surface area contributed by atoms with Crippen molar-refractivity contribution in [1.82, 2.24) is 9.80 Å². The van der Waals surface area contributed by atoms with Crippen molar-refractivity contribution in [1.29, 1.82) is 0 Å². The van der Waals surface area contributed by atoms with Crippen LogP contribution in [0.25, 0.3) is 0 Å². The van der Waals surface area contributed by atoms with Gasteiger partial charge in [0.2, 0.25) is 5.75 Å². The van der Waals surface area contributed by atoms with Crippen LogP contribution in [0.2, 0.25) is 0 Å². The zero-order valence-electron chi connectivity index (χ0n) is 15.0. The summed E-state index contributed by atoms with van der Waals surface area (Å²) in [6, 6.07) is 3.86. The molecule has 0 saturated heterocycles. The predicted octanol–water partition coefficient (Wildman–Crippen LogP) is 2.70. The summed E-state index contributed by atoms with van der Waals surface area (Å²) >= 11 is 0. The van der Waals surface area contributed by atoms with Crippen LogP contribution in [0.3, 0.4) is 0 Å². The third-order valence-electron chi connectivity index (χ3n) is 3.01. The Hall–Kier alpha value is -1.38. The molecule has 0 aromatic heterocycles. The Morgan fingerprint density at radius 3 is 1.83 bits per heavy atom. The van der Waals surface area contributed by atoms with Crippen LogP contribution in [-0.4, -0.2) is 64.8 Å². The molecule has 1 aromatic carbocycles. The second-order valence-corrected chi connectivity index (χ2v) is 5.17. The first-order chi connectivity index (χ1) is 10.4. The number of hydrogen-bond donors (Lipinski definition) is 0. The Morgan fingerprint density at radius 1 is 1.00 bits per heavy atom. The van der Waals surface area contributed by atoms with E-state index in [0.717, 1.165) is 11.5 Å². The first kappa shape index (κ1) is 21.6. The van der Waals surface area contributed by atoms with E-state index in [1.807, 2.05) is 57.0 Å². The summed E-state index contributed by atoms with van der Waals surface area (Å²) in [5, 5.41) is 0. The monoisotopic (exact) mass is 437 g/mol.